The van der Waals surface area contributed by atoms with Crippen LogP contribution in [0, 0.1) is 5.82 Å². The van der Waals surface area contributed by atoms with Gasteiger partial charge >= 0.3 is 0 Å². The molecule has 3 N–H and O–H groups in total. The van der Waals surface area contributed by atoms with Crippen molar-refractivity contribution in [2.24, 2.45) is 10.7 Å². The van der Waals surface area contributed by atoms with E-state index in [4.69, 9.17) is 15.2 Å². The molecule has 26 heavy (non-hydrogen) atoms. The lowest BCUT2D eigenvalue weighted by molar-refractivity contribution is 0.355. The summed E-state index contributed by atoms with van der Waals surface area (Å²) < 4.78 is 24.5. The molecule has 0 spiro atoms. The van der Waals surface area contributed by atoms with Gasteiger partial charge in [0.15, 0.2) is 17.5 Å². The number of methoxy groups -OCH3 is 2. The molecular formula is C19H25FN4O2. The summed E-state index contributed by atoms with van der Waals surface area (Å²) in [5.41, 5.74) is 8.04. The molecule has 7 heteroatoms. The van der Waals surface area contributed by atoms with Crippen molar-refractivity contribution < 1.29 is 13.9 Å². The minimum absolute atomic E-state index is 0.231. The molecule has 0 radical (unpaired) electrons. The van der Waals surface area contributed by atoms with Crippen molar-refractivity contribution >= 4 is 11.6 Å². The van der Waals surface area contributed by atoms with Gasteiger partial charge in [-0.3, -0.25) is 0 Å². The zero-order valence-corrected chi connectivity index (χ0v) is 15.5. The second-order valence-corrected chi connectivity index (χ2v) is 6.06. The van der Waals surface area contributed by atoms with Crippen molar-refractivity contribution in [2.45, 2.75) is 13.1 Å². The molecule has 0 unspecified atom stereocenters. The van der Waals surface area contributed by atoms with Gasteiger partial charge in [0.2, 0.25) is 0 Å². The molecule has 0 atom stereocenters. The van der Waals surface area contributed by atoms with Crippen LogP contribution in [0.1, 0.15) is 11.1 Å². The number of benzene rings is 2. The third kappa shape index (κ3) is 5.35. The zero-order valence-electron chi connectivity index (χ0n) is 15.5. The van der Waals surface area contributed by atoms with Gasteiger partial charge in [0, 0.05) is 23.9 Å². The summed E-state index contributed by atoms with van der Waals surface area (Å²) in [5, 5.41) is 2.98. The Bertz CT molecular complexity index is 778. The van der Waals surface area contributed by atoms with Crippen molar-refractivity contribution in [3.05, 3.63) is 53.3 Å². The molecule has 0 bridgehead atoms. The van der Waals surface area contributed by atoms with Crippen LogP contribution >= 0.6 is 0 Å². The molecule has 0 aliphatic heterocycles. The lowest BCUT2D eigenvalue weighted by Gasteiger charge is -2.12. The molecule has 140 valence electrons. The van der Waals surface area contributed by atoms with E-state index in [-0.39, 0.29) is 18.3 Å². The van der Waals surface area contributed by atoms with E-state index >= 15 is 0 Å². The Morgan fingerprint density at radius 3 is 2.46 bits per heavy atom. The van der Waals surface area contributed by atoms with Crippen molar-refractivity contribution in [1.29, 1.82) is 0 Å². The minimum Gasteiger partial charge on any atom is -0.493 e. The van der Waals surface area contributed by atoms with Crippen LogP contribution in [0.3, 0.4) is 0 Å². The second kappa shape index (κ2) is 9.05. The predicted molar refractivity (Wildman–Crippen MR) is 102 cm³/mol. The number of halogens is 1. The summed E-state index contributed by atoms with van der Waals surface area (Å²) in [4.78, 5) is 6.17. The molecule has 0 aliphatic carbocycles. The summed E-state index contributed by atoms with van der Waals surface area (Å²) in [5.74, 6) is 1.21. The number of anilines is 1. The SMILES string of the molecule is COc1ccc(NC(N)=NCc2ccc(CN(C)C)c(F)c2)cc1OC. The molecule has 2 aromatic rings. The second-order valence-electron chi connectivity index (χ2n) is 6.06. The molecule has 0 aliphatic rings. The summed E-state index contributed by atoms with van der Waals surface area (Å²) >= 11 is 0. The first-order valence-electron chi connectivity index (χ1n) is 8.14. The maximum atomic E-state index is 14.1. The van der Waals surface area contributed by atoms with Crippen LogP contribution in [0.5, 0.6) is 11.5 Å². The predicted octanol–water partition coefficient (Wildman–Crippen LogP) is 2.83. The summed E-state index contributed by atoms with van der Waals surface area (Å²) in [6.07, 6.45) is 0. The summed E-state index contributed by atoms with van der Waals surface area (Å²) in [7, 11) is 6.94. The van der Waals surface area contributed by atoms with Gasteiger partial charge in [-0.1, -0.05) is 12.1 Å². The highest BCUT2D eigenvalue weighted by molar-refractivity contribution is 5.92. The van der Waals surface area contributed by atoms with Gasteiger partial charge in [-0.25, -0.2) is 9.38 Å². The van der Waals surface area contributed by atoms with Gasteiger partial charge in [-0.05, 0) is 37.9 Å². The summed E-state index contributed by atoms with van der Waals surface area (Å²) in [6.45, 7) is 0.837. The molecule has 2 rings (SSSR count). The number of nitrogens with zero attached hydrogens (tertiary/aromatic N) is 2. The van der Waals surface area contributed by atoms with E-state index < -0.39 is 0 Å². The average molecular weight is 360 g/mol. The van der Waals surface area contributed by atoms with E-state index in [1.807, 2.05) is 25.1 Å². The Morgan fingerprint density at radius 2 is 1.85 bits per heavy atom. The minimum atomic E-state index is -0.238. The molecule has 0 saturated heterocycles. The highest BCUT2D eigenvalue weighted by Crippen LogP contribution is 2.29. The molecule has 0 heterocycles. The van der Waals surface area contributed by atoms with Crippen LogP contribution in [-0.2, 0) is 13.1 Å². The van der Waals surface area contributed by atoms with Crippen LogP contribution in [0.4, 0.5) is 10.1 Å². The Balaban J connectivity index is 2.03. The number of hydrogen-bond donors (Lipinski definition) is 2. The molecule has 6 nitrogen and oxygen atoms in total. The van der Waals surface area contributed by atoms with Gasteiger partial charge in [-0.2, -0.15) is 0 Å². The van der Waals surface area contributed by atoms with Crippen molar-refractivity contribution in [3.63, 3.8) is 0 Å². The Morgan fingerprint density at radius 1 is 1.12 bits per heavy atom. The van der Waals surface area contributed by atoms with Gasteiger partial charge in [0.1, 0.15) is 5.82 Å². The quantitative estimate of drug-likeness (QED) is 0.587. The third-order valence-electron chi connectivity index (χ3n) is 3.69. The standard InChI is InChI=1S/C19H25FN4O2/c1-24(2)12-14-6-5-13(9-16(14)20)11-22-19(21)23-15-7-8-17(25-3)18(10-15)26-4/h5-10H,11-12H2,1-4H3,(H3,21,22,23). The summed E-state index contributed by atoms with van der Waals surface area (Å²) in [6, 6.07) is 10.5. The Hall–Kier alpha value is -2.80. The fourth-order valence-corrected chi connectivity index (χ4v) is 2.44. The topological polar surface area (TPSA) is 72.1 Å². The van der Waals surface area contributed by atoms with E-state index in [0.29, 0.717) is 23.6 Å². The lowest BCUT2D eigenvalue weighted by Crippen LogP contribution is -2.22. The number of nitrogens with one attached hydrogen (secondary N) is 1. The molecule has 0 amide bonds. The average Bonchev–Trinajstić information content (AvgIpc) is 2.61. The monoisotopic (exact) mass is 360 g/mol. The van der Waals surface area contributed by atoms with E-state index in [2.05, 4.69) is 10.3 Å². The molecule has 2 aromatic carbocycles. The van der Waals surface area contributed by atoms with E-state index in [1.54, 1.807) is 38.5 Å². The number of aliphatic imine (C=N–C) groups is 1. The smallest absolute Gasteiger partial charge is 0.193 e. The Kier molecular flexibility index (Phi) is 6.80. The molecule has 0 fully saturated rings. The van der Waals surface area contributed by atoms with Crippen LogP contribution in [0.2, 0.25) is 0 Å². The van der Waals surface area contributed by atoms with Crippen molar-refractivity contribution in [3.8, 4) is 11.5 Å². The van der Waals surface area contributed by atoms with Gasteiger partial charge in [0.25, 0.3) is 0 Å². The first kappa shape index (κ1) is 19.5. The van der Waals surface area contributed by atoms with Gasteiger partial charge < -0.3 is 25.4 Å². The maximum Gasteiger partial charge on any atom is 0.193 e. The maximum absolute atomic E-state index is 14.1. The van der Waals surface area contributed by atoms with Crippen LogP contribution < -0.4 is 20.5 Å². The Labute approximate surface area is 153 Å². The number of hydrogen-bond acceptors (Lipinski definition) is 4. The van der Waals surface area contributed by atoms with Crippen LogP contribution in [-0.4, -0.2) is 39.2 Å². The largest absolute Gasteiger partial charge is 0.493 e. The van der Waals surface area contributed by atoms with Gasteiger partial charge in [0.05, 0.1) is 20.8 Å². The first-order chi connectivity index (χ1) is 12.4. The highest BCUT2D eigenvalue weighted by atomic mass is 19.1. The highest BCUT2D eigenvalue weighted by Gasteiger charge is 2.06. The molecule has 0 saturated carbocycles. The first-order valence-corrected chi connectivity index (χ1v) is 8.14. The third-order valence-corrected chi connectivity index (χ3v) is 3.69. The van der Waals surface area contributed by atoms with E-state index in [1.165, 1.54) is 6.07 Å². The van der Waals surface area contributed by atoms with Crippen molar-refractivity contribution in [2.75, 3.05) is 33.6 Å². The molecule has 0 aromatic heterocycles. The number of ether oxygens (including phenoxy) is 2. The van der Waals surface area contributed by atoms with Gasteiger partial charge in [-0.15, -0.1) is 0 Å². The van der Waals surface area contributed by atoms with Crippen LogP contribution in [0.25, 0.3) is 0 Å². The fraction of sp³-hybridized carbons (Fsp3) is 0.316. The number of nitrogens with two attached hydrogens (primary N) is 1. The van der Waals surface area contributed by atoms with Crippen molar-refractivity contribution in [1.82, 2.24) is 4.90 Å². The zero-order chi connectivity index (χ0) is 19.1. The van der Waals surface area contributed by atoms with E-state index in [9.17, 15) is 4.39 Å². The normalized spacial score (nSPS) is 11.5. The fourth-order valence-electron chi connectivity index (χ4n) is 2.44. The van der Waals surface area contributed by atoms with E-state index in [0.717, 1.165) is 11.3 Å². The lowest BCUT2D eigenvalue weighted by atomic mass is 10.1. The van der Waals surface area contributed by atoms with Crippen LogP contribution in [0.15, 0.2) is 41.4 Å². The molecular weight excluding hydrogens is 335 g/mol. The number of guanidine groups is 1. The number of rotatable bonds is 7.